The van der Waals surface area contributed by atoms with Gasteiger partial charge in [-0.05, 0) is 43.7 Å². The first-order valence-corrected chi connectivity index (χ1v) is 9.02. The highest BCUT2D eigenvalue weighted by molar-refractivity contribution is 5.76. The number of hydrogen-bond donors (Lipinski definition) is 2. The van der Waals surface area contributed by atoms with Gasteiger partial charge in [-0.25, -0.2) is 0 Å². The second kappa shape index (κ2) is 7.93. The molecule has 126 valence electrons. The average molecular weight is 315 g/mol. The molecule has 1 saturated carbocycles. The van der Waals surface area contributed by atoms with Gasteiger partial charge in [0.2, 0.25) is 5.91 Å². The van der Waals surface area contributed by atoms with Crippen molar-refractivity contribution in [3.63, 3.8) is 0 Å². The molecule has 3 atom stereocenters. The minimum atomic E-state index is 0.180. The molecule has 1 aliphatic carbocycles. The molecular formula is C19H29N3O. The van der Waals surface area contributed by atoms with E-state index in [9.17, 15) is 4.79 Å². The Hall–Kier alpha value is -1.39. The fourth-order valence-electron chi connectivity index (χ4n) is 4.01. The Morgan fingerprint density at radius 1 is 1.17 bits per heavy atom. The topological polar surface area (TPSA) is 58.4 Å². The van der Waals surface area contributed by atoms with Crippen LogP contribution in [-0.4, -0.2) is 36.0 Å². The Morgan fingerprint density at radius 3 is 2.74 bits per heavy atom. The molecule has 1 amide bonds. The van der Waals surface area contributed by atoms with E-state index in [0.717, 1.165) is 32.5 Å². The predicted octanol–water partition coefficient (Wildman–Crippen LogP) is 2.28. The summed E-state index contributed by atoms with van der Waals surface area (Å²) in [6.07, 6.45) is 6.36. The monoisotopic (exact) mass is 315 g/mol. The molecule has 1 unspecified atom stereocenters. The van der Waals surface area contributed by atoms with Gasteiger partial charge in [0.1, 0.15) is 0 Å². The molecule has 1 heterocycles. The van der Waals surface area contributed by atoms with Crippen LogP contribution in [0.4, 0.5) is 0 Å². The van der Waals surface area contributed by atoms with Gasteiger partial charge in [-0.3, -0.25) is 9.69 Å². The van der Waals surface area contributed by atoms with E-state index in [4.69, 9.17) is 5.73 Å². The van der Waals surface area contributed by atoms with Gasteiger partial charge in [-0.2, -0.15) is 0 Å². The zero-order valence-corrected chi connectivity index (χ0v) is 13.9. The van der Waals surface area contributed by atoms with E-state index in [0.29, 0.717) is 18.4 Å². The number of likely N-dealkylation sites (tertiary alicyclic amines) is 1. The van der Waals surface area contributed by atoms with Crippen molar-refractivity contribution in [2.75, 3.05) is 13.1 Å². The molecule has 0 spiro atoms. The molecule has 2 aliphatic rings. The van der Waals surface area contributed by atoms with Crippen LogP contribution >= 0.6 is 0 Å². The van der Waals surface area contributed by atoms with Crippen LogP contribution in [0.25, 0.3) is 0 Å². The first kappa shape index (κ1) is 16.5. The highest BCUT2D eigenvalue weighted by Gasteiger charge is 2.28. The van der Waals surface area contributed by atoms with Gasteiger partial charge in [-0.15, -0.1) is 0 Å². The third kappa shape index (κ3) is 4.55. The van der Waals surface area contributed by atoms with E-state index in [1.54, 1.807) is 0 Å². The molecule has 4 heteroatoms. The van der Waals surface area contributed by atoms with Crippen LogP contribution in [0, 0.1) is 5.92 Å². The highest BCUT2D eigenvalue weighted by Crippen LogP contribution is 2.26. The van der Waals surface area contributed by atoms with Crippen LogP contribution < -0.4 is 11.1 Å². The fourth-order valence-corrected chi connectivity index (χ4v) is 4.01. The summed E-state index contributed by atoms with van der Waals surface area (Å²) in [6.45, 7) is 2.88. The van der Waals surface area contributed by atoms with E-state index < -0.39 is 0 Å². The summed E-state index contributed by atoms with van der Waals surface area (Å²) in [5, 5.41) is 3.15. The largest absolute Gasteiger partial charge is 0.355 e. The fraction of sp³-hybridized carbons (Fsp3) is 0.632. The first-order chi connectivity index (χ1) is 11.2. The van der Waals surface area contributed by atoms with Crippen LogP contribution in [0.15, 0.2) is 30.3 Å². The van der Waals surface area contributed by atoms with E-state index in [2.05, 4.69) is 40.5 Å². The summed E-state index contributed by atoms with van der Waals surface area (Å²) in [6, 6.07) is 11.3. The van der Waals surface area contributed by atoms with Crippen molar-refractivity contribution >= 4 is 5.91 Å². The lowest BCUT2D eigenvalue weighted by molar-refractivity contribution is -0.122. The number of amides is 1. The summed E-state index contributed by atoms with van der Waals surface area (Å²) in [4.78, 5) is 14.7. The molecule has 1 aliphatic heterocycles. The van der Waals surface area contributed by atoms with Crippen molar-refractivity contribution < 1.29 is 4.79 Å². The zero-order chi connectivity index (χ0) is 16.1. The molecule has 1 saturated heterocycles. The van der Waals surface area contributed by atoms with Crippen LogP contribution in [0.3, 0.4) is 0 Å². The minimum Gasteiger partial charge on any atom is -0.355 e. The lowest BCUT2D eigenvalue weighted by atomic mass is 10.00. The minimum absolute atomic E-state index is 0.180. The van der Waals surface area contributed by atoms with Crippen molar-refractivity contribution in [2.45, 2.75) is 57.2 Å². The molecule has 2 fully saturated rings. The third-order valence-electron chi connectivity index (χ3n) is 5.43. The number of nitrogens with zero attached hydrogens (tertiary/aromatic N) is 1. The summed E-state index contributed by atoms with van der Waals surface area (Å²) in [5.74, 6) is 0.568. The molecule has 0 bridgehead atoms. The maximum atomic E-state index is 12.2. The Bertz CT molecular complexity index is 505. The summed E-state index contributed by atoms with van der Waals surface area (Å²) >= 11 is 0. The smallest absolute Gasteiger partial charge is 0.220 e. The quantitative estimate of drug-likeness (QED) is 0.847. The molecule has 1 aromatic rings. The lowest BCUT2D eigenvalue weighted by Gasteiger charge is -2.25. The van der Waals surface area contributed by atoms with Gasteiger partial charge < -0.3 is 11.1 Å². The third-order valence-corrected chi connectivity index (χ3v) is 5.43. The van der Waals surface area contributed by atoms with E-state index in [1.165, 1.54) is 24.8 Å². The van der Waals surface area contributed by atoms with Gasteiger partial charge in [0.05, 0.1) is 0 Å². The second-order valence-corrected chi connectivity index (χ2v) is 7.12. The van der Waals surface area contributed by atoms with Crippen molar-refractivity contribution in [1.29, 1.82) is 0 Å². The molecule has 0 radical (unpaired) electrons. The number of carbonyl (C=O) groups excluding carboxylic acids is 1. The van der Waals surface area contributed by atoms with E-state index in [1.807, 2.05) is 0 Å². The van der Waals surface area contributed by atoms with Crippen LogP contribution in [-0.2, 0) is 11.3 Å². The van der Waals surface area contributed by atoms with Gasteiger partial charge in [-0.1, -0.05) is 36.8 Å². The molecule has 0 aromatic heterocycles. The van der Waals surface area contributed by atoms with Gasteiger partial charge in [0, 0.05) is 31.6 Å². The zero-order valence-electron chi connectivity index (χ0n) is 13.9. The summed E-state index contributed by atoms with van der Waals surface area (Å²) in [7, 11) is 0. The molecule has 1 aromatic carbocycles. The Balaban J connectivity index is 1.44. The van der Waals surface area contributed by atoms with Gasteiger partial charge in [0.25, 0.3) is 0 Å². The Labute approximate surface area is 139 Å². The number of hydrogen-bond acceptors (Lipinski definition) is 3. The molecular weight excluding hydrogens is 286 g/mol. The van der Waals surface area contributed by atoms with E-state index >= 15 is 0 Å². The van der Waals surface area contributed by atoms with Crippen molar-refractivity contribution in [1.82, 2.24) is 10.2 Å². The number of nitrogens with one attached hydrogen (secondary N) is 1. The SMILES string of the molecule is N[C@@H]1CCC[C@H]1CC(=O)NCC1CCCN1Cc1ccccc1. The standard InChI is InChI=1S/C19H29N3O/c20-18-10-4-8-16(18)12-19(23)21-13-17-9-5-11-22(17)14-15-6-2-1-3-7-15/h1-3,6-7,16-18H,4-5,8-14,20H2,(H,21,23)/t16-,17?,18+/m0/s1. The van der Waals surface area contributed by atoms with Crippen molar-refractivity contribution in [3.05, 3.63) is 35.9 Å². The Kier molecular flexibility index (Phi) is 5.68. The average Bonchev–Trinajstić information content (AvgIpc) is 3.16. The number of carbonyl (C=O) groups is 1. The predicted molar refractivity (Wildman–Crippen MR) is 92.8 cm³/mol. The van der Waals surface area contributed by atoms with E-state index in [-0.39, 0.29) is 11.9 Å². The molecule has 3 rings (SSSR count). The van der Waals surface area contributed by atoms with Crippen LogP contribution in [0.5, 0.6) is 0 Å². The summed E-state index contributed by atoms with van der Waals surface area (Å²) < 4.78 is 0. The maximum absolute atomic E-state index is 12.2. The number of rotatable bonds is 6. The van der Waals surface area contributed by atoms with Crippen molar-refractivity contribution in [2.24, 2.45) is 11.7 Å². The molecule has 3 N–H and O–H groups in total. The molecule has 4 nitrogen and oxygen atoms in total. The van der Waals surface area contributed by atoms with Crippen LogP contribution in [0.2, 0.25) is 0 Å². The van der Waals surface area contributed by atoms with Gasteiger partial charge in [0.15, 0.2) is 0 Å². The molecule has 23 heavy (non-hydrogen) atoms. The normalized spacial score (nSPS) is 28.1. The second-order valence-electron chi connectivity index (χ2n) is 7.12. The Morgan fingerprint density at radius 2 is 2.00 bits per heavy atom. The number of nitrogens with two attached hydrogens (primary N) is 1. The number of benzene rings is 1. The highest BCUT2D eigenvalue weighted by atomic mass is 16.1. The summed E-state index contributed by atoms with van der Waals surface area (Å²) in [5.41, 5.74) is 7.42. The van der Waals surface area contributed by atoms with Crippen molar-refractivity contribution in [3.8, 4) is 0 Å². The lowest BCUT2D eigenvalue weighted by Crippen LogP contribution is -2.41. The first-order valence-electron chi connectivity index (χ1n) is 9.02. The van der Waals surface area contributed by atoms with Crippen LogP contribution in [0.1, 0.15) is 44.1 Å². The van der Waals surface area contributed by atoms with Gasteiger partial charge >= 0.3 is 0 Å². The maximum Gasteiger partial charge on any atom is 0.220 e.